The maximum absolute atomic E-state index is 4.72. The Morgan fingerprint density at radius 3 is 2.79 bits per heavy atom. The van der Waals surface area contributed by atoms with E-state index in [0.717, 1.165) is 30.0 Å². The molecule has 1 aliphatic rings. The molecule has 0 bridgehead atoms. The van der Waals surface area contributed by atoms with Crippen LogP contribution in [-0.4, -0.2) is 16.5 Å². The Hall–Kier alpha value is -2.29. The Balaban J connectivity index is 0.00000208. The number of nitrogens with zero attached hydrogens (tertiary/aromatic N) is 3. The number of halogens is 1. The first-order valence-electron chi connectivity index (χ1n) is 7.92. The molecule has 0 saturated carbocycles. The van der Waals surface area contributed by atoms with E-state index in [1.165, 1.54) is 11.1 Å². The number of anilines is 2. The summed E-state index contributed by atoms with van der Waals surface area (Å²) in [5.41, 5.74) is 7.63. The third-order valence-corrected chi connectivity index (χ3v) is 4.53. The van der Waals surface area contributed by atoms with Gasteiger partial charge in [-0.2, -0.15) is 4.98 Å². The zero-order valence-corrected chi connectivity index (χ0v) is 15.2. The van der Waals surface area contributed by atoms with E-state index in [9.17, 15) is 0 Å². The van der Waals surface area contributed by atoms with E-state index in [1.54, 1.807) is 6.20 Å². The van der Waals surface area contributed by atoms with Crippen molar-refractivity contribution in [2.24, 2.45) is 0 Å². The van der Waals surface area contributed by atoms with Gasteiger partial charge in [0.1, 0.15) is 5.82 Å². The number of nitrogens with one attached hydrogen (secondary N) is 1. The largest absolute Gasteiger partial charge is 0.349 e. The van der Waals surface area contributed by atoms with Crippen LogP contribution < -0.4 is 10.2 Å². The summed E-state index contributed by atoms with van der Waals surface area (Å²) in [5.74, 6) is 1.59. The van der Waals surface area contributed by atoms with E-state index in [0.29, 0.717) is 12.0 Å². The van der Waals surface area contributed by atoms with Crippen molar-refractivity contribution in [2.75, 3.05) is 16.8 Å². The van der Waals surface area contributed by atoms with Crippen LogP contribution in [0, 0.1) is 13.8 Å². The fourth-order valence-corrected chi connectivity index (χ4v) is 3.13. The number of fused-ring (bicyclic) bond motifs is 1. The Labute approximate surface area is 149 Å². The lowest BCUT2D eigenvalue weighted by Crippen LogP contribution is -2.35. The first kappa shape index (κ1) is 18.1. The first-order valence-corrected chi connectivity index (χ1v) is 7.92. The summed E-state index contributed by atoms with van der Waals surface area (Å²) in [6.45, 7) is 10.9. The van der Waals surface area contributed by atoms with Gasteiger partial charge in [-0.25, -0.2) is 4.98 Å². The predicted molar refractivity (Wildman–Crippen MR) is 102 cm³/mol. The highest BCUT2D eigenvalue weighted by molar-refractivity contribution is 5.85. The van der Waals surface area contributed by atoms with Crippen molar-refractivity contribution in [2.45, 2.75) is 33.2 Å². The van der Waals surface area contributed by atoms with Crippen LogP contribution in [0.4, 0.5) is 11.8 Å². The summed E-state index contributed by atoms with van der Waals surface area (Å²) < 4.78 is 0. The molecule has 5 heteroatoms. The number of hydrogen-bond donors (Lipinski definition) is 1. The van der Waals surface area contributed by atoms with Crippen molar-refractivity contribution in [3.05, 3.63) is 65.2 Å². The lowest BCUT2D eigenvalue weighted by molar-refractivity contribution is 0.614. The first-order chi connectivity index (χ1) is 11.1. The summed E-state index contributed by atoms with van der Waals surface area (Å²) in [6.07, 6.45) is 2.67. The molecular formula is C19H23ClN4. The SMILES string of the molecule is C=C=CNc1nc(C)c(C)c(N2CCc3ccccc3C2C)n1.Cl. The minimum atomic E-state index is 0. The molecule has 0 amide bonds. The van der Waals surface area contributed by atoms with Crippen molar-refractivity contribution in [1.82, 2.24) is 9.97 Å². The van der Waals surface area contributed by atoms with Crippen molar-refractivity contribution >= 4 is 24.2 Å². The van der Waals surface area contributed by atoms with Gasteiger partial charge in [0.05, 0.1) is 6.04 Å². The van der Waals surface area contributed by atoms with Crippen LogP contribution >= 0.6 is 12.4 Å². The number of rotatable bonds is 3. The Kier molecular flexibility index (Phi) is 5.66. The van der Waals surface area contributed by atoms with Crippen LogP contribution in [0.15, 0.2) is 42.8 Å². The van der Waals surface area contributed by atoms with Crippen LogP contribution in [0.5, 0.6) is 0 Å². The molecule has 0 aliphatic carbocycles. The molecule has 1 unspecified atom stereocenters. The summed E-state index contributed by atoms with van der Waals surface area (Å²) in [7, 11) is 0. The molecule has 3 rings (SSSR count). The van der Waals surface area contributed by atoms with Gasteiger partial charge in [0.15, 0.2) is 0 Å². The van der Waals surface area contributed by atoms with Gasteiger partial charge in [-0.05, 0) is 38.3 Å². The minimum Gasteiger partial charge on any atom is -0.349 e. The average Bonchev–Trinajstić information content (AvgIpc) is 2.57. The van der Waals surface area contributed by atoms with Crippen LogP contribution in [0.25, 0.3) is 0 Å². The lowest BCUT2D eigenvalue weighted by Gasteiger charge is -2.37. The third kappa shape index (κ3) is 3.30. The van der Waals surface area contributed by atoms with Crippen LogP contribution in [0.1, 0.15) is 35.3 Å². The van der Waals surface area contributed by atoms with Crippen LogP contribution in [-0.2, 0) is 6.42 Å². The van der Waals surface area contributed by atoms with Crippen molar-refractivity contribution in [3.8, 4) is 0 Å². The molecular weight excluding hydrogens is 320 g/mol. The molecule has 24 heavy (non-hydrogen) atoms. The molecule has 0 spiro atoms. The Morgan fingerprint density at radius 2 is 2.04 bits per heavy atom. The minimum absolute atomic E-state index is 0. The zero-order valence-electron chi connectivity index (χ0n) is 14.3. The van der Waals surface area contributed by atoms with Crippen molar-refractivity contribution < 1.29 is 0 Å². The van der Waals surface area contributed by atoms with E-state index < -0.39 is 0 Å². The molecule has 1 N–H and O–H groups in total. The second kappa shape index (κ2) is 7.52. The van der Waals surface area contributed by atoms with Gasteiger partial charge in [0, 0.05) is 24.0 Å². The molecule has 0 fully saturated rings. The summed E-state index contributed by atoms with van der Waals surface area (Å²) in [5, 5.41) is 3.03. The molecule has 1 aromatic heterocycles. The van der Waals surface area contributed by atoms with E-state index in [2.05, 4.69) is 65.6 Å². The summed E-state index contributed by atoms with van der Waals surface area (Å²) >= 11 is 0. The number of benzene rings is 1. The fourth-order valence-electron chi connectivity index (χ4n) is 3.13. The van der Waals surface area contributed by atoms with Gasteiger partial charge in [0.2, 0.25) is 5.95 Å². The van der Waals surface area contributed by atoms with Gasteiger partial charge in [0.25, 0.3) is 0 Å². The maximum atomic E-state index is 4.72. The molecule has 2 aromatic rings. The van der Waals surface area contributed by atoms with E-state index in [4.69, 9.17) is 4.98 Å². The Morgan fingerprint density at radius 1 is 1.29 bits per heavy atom. The maximum Gasteiger partial charge on any atom is 0.229 e. The summed E-state index contributed by atoms with van der Waals surface area (Å²) in [6, 6.07) is 8.97. The molecule has 2 heterocycles. The van der Waals surface area contributed by atoms with Crippen LogP contribution in [0.3, 0.4) is 0 Å². The summed E-state index contributed by atoms with van der Waals surface area (Å²) in [4.78, 5) is 11.6. The number of hydrogen-bond acceptors (Lipinski definition) is 4. The number of aryl methyl sites for hydroxylation is 1. The normalized spacial score (nSPS) is 15.8. The van der Waals surface area contributed by atoms with Crippen LogP contribution in [0.2, 0.25) is 0 Å². The predicted octanol–water partition coefficient (Wildman–Crippen LogP) is 4.35. The monoisotopic (exact) mass is 342 g/mol. The molecule has 0 radical (unpaired) electrons. The standard InChI is InChI=1S/C19H22N4.ClH/c1-5-11-20-19-21-14(3)13(2)18(22-19)23-12-10-16-8-6-7-9-17(16)15(23)4;/h6-9,11,15H,1,10,12H2,2-4H3,(H,20,21,22);1H. The van der Waals surface area contributed by atoms with E-state index in [-0.39, 0.29) is 12.4 Å². The fraction of sp³-hybridized carbons (Fsp3) is 0.316. The molecule has 1 aliphatic heterocycles. The van der Waals surface area contributed by atoms with Crippen molar-refractivity contribution in [1.29, 1.82) is 0 Å². The van der Waals surface area contributed by atoms with Crippen molar-refractivity contribution in [3.63, 3.8) is 0 Å². The van der Waals surface area contributed by atoms with Gasteiger partial charge >= 0.3 is 0 Å². The average molecular weight is 343 g/mol. The molecule has 0 saturated heterocycles. The highest BCUT2D eigenvalue weighted by atomic mass is 35.5. The molecule has 4 nitrogen and oxygen atoms in total. The highest BCUT2D eigenvalue weighted by Gasteiger charge is 2.26. The topological polar surface area (TPSA) is 41.1 Å². The second-order valence-corrected chi connectivity index (χ2v) is 5.89. The molecule has 126 valence electrons. The quantitative estimate of drug-likeness (QED) is 0.842. The zero-order chi connectivity index (χ0) is 16.4. The van der Waals surface area contributed by atoms with E-state index >= 15 is 0 Å². The highest BCUT2D eigenvalue weighted by Crippen LogP contribution is 2.34. The van der Waals surface area contributed by atoms with E-state index in [1.807, 2.05) is 6.92 Å². The van der Waals surface area contributed by atoms with Gasteiger partial charge in [-0.3, -0.25) is 0 Å². The smallest absolute Gasteiger partial charge is 0.229 e. The lowest BCUT2D eigenvalue weighted by atomic mass is 9.93. The number of aromatic nitrogens is 2. The molecule has 1 aromatic carbocycles. The third-order valence-electron chi connectivity index (χ3n) is 4.53. The molecule has 1 atom stereocenters. The Bertz CT molecular complexity index is 781. The van der Waals surface area contributed by atoms with Gasteiger partial charge < -0.3 is 10.2 Å². The van der Waals surface area contributed by atoms with Gasteiger partial charge in [-0.1, -0.05) is 30.8 Å². The van der Waals surface area contributed by atoms with Gasteiger partial charge in [-0.15, -0.1) is 18.1 Å². The second-order valence-electron chi connectivity index (χ2n) is 5.89.